The Kier molecular flexibility index (Phi) is 3.96. The fourth-order valence-corrected chi connectivity index (χ4v) is 1.26. The maximum absolute atomic E-state index is 12.6. The van der Waals surface area contributed by atoms with Gasteiger partial charge in [0.2, 0.25) is 0 Å². The zero-order chi connectivity index (χ0) is 11.4. The van der Waals surface area contributed by atoms with Crippen molar-refractivity contribution in [3.05, 3.63) is 24.1 Å². The third-order valence-corrected chi connectivity index (χ3v) is 2.54. The van der Waals surface area contributed by atoms with Gasteiger partial charge in [-0.2, -0.15) is 0 Å². The minimum Gasteiger partial charge on any atom is -0.393 e. The first-order valence-corrected chi connectivity index (χ1v) is 5.03. The molecule has 5 heteroatoms. The summed E-state index contributed by atoms with van der Waals surface area (Å²) in [6.45, 7) is 2.62. The first-order chi connectivity index (χ1) is 7.00. The maximum Gasteiger partial charge on any atom is 0.141 e. The lowest BCUT2D eigenvalue weighted by Crippen LogP contribution is -2.31. The Morgan fingerprint density at radius 1 is 1.67 bits per heavy atom. The molecule has 0 aliphatic carbocycles. The summed E-state index contributed by atoms with van der Waals surface area (Å²) in [5, 5.41) is 0. The number of hydrogen-bond acceptors (Lipinski definition) is 3. The average molecular weight is 227 g/mol. The largest absolute Gasteiger partial charge is 0.393 e. The van der Waals surface area contributed by atoms with E-state index in [1.54, 1.807) is 6.07 Å². The molecule has 1 aromatic rings. The molecule has 0 aliphatic heterocycles. The van der Waals surface area contributed by atoms with Gasteiger partial charge in [0.1, 0.15) is 11.6 Å². The summed E-state index contributed by atoms with van der Waals surface area (Å²) < 4.78 is 12.6. The minimum absolute atomic E-state index is 0.108. The van der Waals surface area contributed by atoms with Crippen LogP contribution in [0.2, 0.25) is 0 Å². The number of pyridine rings is 1. The molecule has 0 aromatic carbocycles. The fourth-order valence-electron chi connectivity index (χ4n) is 1.19. The van der Waals surface area contributed by atoms with Crippen molar-refractivity contribution < 1.29 is 4.39 Å². The van der Waals surface area contributed by atoms with E-state index in [0.29, 0.717) is 17.4 Å². The highest BCUT2D eigenvalue weighted by Crippen LogP contribution is 2.10. The van der Waals surface area contributed by atoms with Crippen LogP contribution in [0.1, 0.15) is 6.92 Å². The Bertz CT molecular complexity index is 339. The average Bonchev–Trinajstić information content (AvgIpc) is 2.18. The molecule has 0 amide bonds. The molecule has 1 aromatic heterocycles. The number of nitrogens with zero attached hydrogens (tertiary/aromatic N) is 2. The fraction of sp³-hybridized carbons (Fsp3) is 0.400. The number of anilines is 1. The molecule has 3 nitrogen and oxygen atoms in total. The topological polar surface area (TPSA) is 42.2 Å². The van der Waals surface area contributed by atoms with E-state index in [1.165, 1.54) is 12.3 Å². The van der Waals surface area contributed by atoms with Crippen LogP contribution in [-0.4, -0.2) is 23.6 Å². The van der Waals surface area contributed by atoms with Crippen molar-refractivity contribution in [3.63, 3.8) is 0 Å². The van der Waals surface area contributed by atoms with Crippen LogP contribution >= 0.6 is 12.2 Å². The standard InChI is InChI=1S/C10H14FN3S/c1-7(10(12)15)6-14(2)9-4-3-8(11)5-13-9/h3-5,7H,6H2,1-2H3,(H2,12,15). The van der Waals surface area contributed by atoms with E-state index < -0.39 is 0 Å². The Balaban J connectivity index is 2.64. The second-order valence-corrected chi connectivity index (χ2v) is 3.99. The van der Waals surface area contributed by atoms with E-state index in [0.717, 1.165) is 0 Å². The number of hydrogen-bond donors (Lipinski definition) is 1. The molecule has 0 spiro atoms. The van der Waals surface area contributed by atoms with Crippen LogP contribution < -0.4 is 10.6 Å². The number of nitrogens with two attached hydrogens (primary N) is 1. The smallest absolute Gasteiger partial charge is 0.141 e. The first kappa shape index (κ1) is 11.8. The molecule has 15 heavy (non-hydrogen) atoms. The molecule has 0 saturated heterocycles. The number of halogens is 1. The van der Waals surface area contributed by atoms with Gasteiger partial charge in [0.25, 0.3) is 0 Å². The Morgan fingerprint density at radius 3 is 2.80 bits per heavy atom. The van der Waals surface area contributed by atoms with Crippen molar-refractivity contribution in [1.29, 1.82) is 0 Å². The number of rotatable bonds is 4. The molecule has 1 heterocycles. The second-order valence-electron chi connectivity index (χ2n) is 3.52. The highest BCUT2D eigenvalue weighted by Gasteiger charge is 2.10. The van der Waals surface area contributed by atoms with Gasteiger partial charge in [-0.1, -0.05) is 19.1 Å². The van der Waals surface area contributed by atoms with Crippen LogP contribution in [0.4, 0.5) is 10.2 Å². The lowest BCUT2D eigenvalue weighted by atomic mass is 10.2. The molecule has 0 fully saturated rings. The normalized spacial score (nSPS) is 12.2. The highest BCUT2D eigenvalue weighted by atomic mass is 32.1. The van der Waals surface area contributed by atoms with Crippen LogP contribution in [0.15, 0.2) is 18.3 Å². The SMILES string of the molecule is CC(CN(C)c1ccc(F)cn1)C(N)=S. The Morgan fingerprint density at radius 2 is 2.33 bits per heavy atom. The van der Waals surface area contributed by atoms with Gasteiger partial charge in [-0.05, 0) is 12.1 Å². The lowest BCUT2D eigenvalue weighted by Gasteiger charge is -2.21. The molecule has 0 saturated carbocycles. The number of aromatic nitrogens is 1. The van der Waals surface area contributed by atoms with Crippen LogP contribution in [0.3, 0.4) is 0 Å². The van der Waals surface area contributed by atoms with E-state index in [4.69, 9.17) is 18.0 Å². The minimum atomic E-state index is -0.338. The summed E-state index contributed by atoms with van der Waals surface area (Å²) in [6.07, 6.45) is 1.19. The predicted molar refractivity (Wildman–Crippen MR) is 63.4 cm³/mol. The van der Waals surface area contributed by atoms with Crippen LogP contribution in [-0.2, 0) is 0 Å². The van der Waals surface area contributed by atoms with Crippen molar-refractivity contribution in [3.8, 4) is 0 Å². The summed E-state index contributed by atoms with van der Waals surface area (Å²) in [7, 11) is 1.87. The van der Waals surface area contributed by atoms with E-state index >= 15 is 0 Å². The van der Waals surface area contributed by atoms with Crippen molar-refractivity contribution in [2.75, 3.05) is 18.5 Å². The second kappa shape index (κ2) is 5.02. The molecule has 0 radical (unpaired) electrons. The van der Waals surface area contributed by atoms with Gasteiger partial charge in [0, 0.05) is 19.5 Å². The van der Waals surface area contributed by atoms with Gasteiger partial charge in [0.05, 0.1) is 11.2 Å². The zero-order valence-corrected chi connectivity index (χ0v) is 9.59. The van der Waals surface area contributed by atoms with E-state index in [9.17, 15) is 4.39 Å². The van der Waals surface area contributed by atoms with E-state index in [-0.39, 0.29) is 11.7 Å². The Hall–Kier alpha value is -1.23. The van der Waals surface area contributed by atoms with E-state index in [2.05, 4.69) is 4.98 Å². The maximum atomic E-state index is 12.6. The van der Waals surface area contributed by atoms with Gasteiger partial charge in [-0.15, -0.1) is 0 Å². The van der Waals surface area contributed by atoms with Gasteiger partial charge in [-0.3, -0.25) is 0 Å². The van der Waals surface area contributed by atoms with Crippen molar-refractivity contribution in [1.82, 2.24) is 4.98 Å². The van der Waals surface area contributed by atoms with Crippen LogP contribution in [0.5, 0.6) is 0 Å². The molecule has 0 aliphatic rings. The molecule has 82 valence electrons. The van der Waals surface area contributed by atoms with Gasteiger partial charge in [0.15, 0.2) is 0 Å². The monoisotopic (exact) mass is 227 g/mol. The van der Waals surface area contributed by atoms with E-state index in [1.807, 2.05) is 18.9 Å². The highest BCUT2D eigenvalue weighted by molar-refractivity contribution is 7.80. The molecule has 1 unspecified atom stereocenters. The molecule has 1 rings (SSSR count). The number of thiocarbonyl (C=S) groups is 1. The van der Waals surface area contributed by atoms with Crippen molar-refractivity contribution in [2.24, 2.45) is 11.7 Å². The summed E-state index contributed by atoms with van der Waals surface area (Å²) in [4.78, 5) is 6.33. The van der Waals surface area contributed by atoms with Crippen molar-refractivity contribution in [2.45, 2.75) is 6.92 Å². The molecule has 1 atom stereocenters. The molecule has 2 N–H and O–H groups in total. The summed E-state index contributed by atoms with van der Waals surface area (Å²) in [5.74, 6) is 0.478. The summed E-state index contributed by atoms with van der Waals surface area (Å²) in [5.41, 5.74) is 5.51. The Labute approximate surface area is 94.1 Å². The summed E-state index contributed by atoms with van der Waals surface area (Å²) in [6, 6.07) is 3.01. The third kappa shape index (κ3) is 3.43. The van der Waals surface area contributed by atoms with Crippen LogP contribution in [0.25, 0.3) is 0 Å². The zero-order valence-electron chi connectivity index (χ0n) is 8.77. The first-order valence-electron chi connectivity index (χ1n) is 4.62. The van der Waals surface area contributed by atoms with Crippen molar-refractivity contribution >= 4 is 23.0 Å². The van der Waals surface area contributed by atoms with Gasteiger partial charge < -0.3 is 10.6 Å². The lowest BCUT2D eigenvalue weighted by molar-refractivity contribution is 0.620. The predicted octanol–water partition coefficient (Wildman–Crippen LogP) is 1.58. The van der Waals surface area contributed by atoms with Gasteiger partial charge in [-0.25, -0.2) is 9.37 Å². The summed E-state index contributed by atoms with van der Waals surface area (Å²) >= 11 is 4.88. The quantitative estimate of drug-likeness (QED) is 0.793. The molecular weight excluding hydrogens is 213 g/mol. The third-order valence-electron chi connectivity index (χ3n) is 2.14. The van der Waals surface area contributed by atoms with Gasteiger partial charge >= 0.3 is 0 Å². The molecular formula is C10H14FN3S. The van der Waals surface area contributed by atoms with Crippen LogP contribution in [0, 0.1) is 11.7 Å². The molecule has 0 bridgehead atoms.